The molecule has 0 aromatic heterocycles. The van der Waals surface area contributed by atoms with Crippen molar-refractivity contribution < 1.29 is 51.1 Å². The number of esters is 4. The molecule has 1 N–H and O–H groups in total. The summed E-state index contributed by atoms with van der Waals surface area (Å²) in [4.78, 5) is 52.0. The van der Waals surface area contributed by atoms with Crippen LogP contribution in [0.2, 0.25) is 0 Å². The van der Waals surface area contributed by atoms with E-state index in [1.165, 1.54) is 30.3 Å². The zero-order valence-electron chi connectivity index (χ0n) is 24.1. The Labute approximate surface area is 268 Å². The van der Waals surface area contributed by atoms with Crippen LogP contribution in [0.5, 0.6) is 23.0 Å². The van der Waals surface area contributed by atoms with E-state index in [-0.39, 0.29) is 44.4 Å². The van der Waals surface area contributed by atoms with E-state index in [0.29, 0.717) is 48.8 Å². The number of benzene rings is 7. The van der Waals surface area contributed by atoms with Crippen LogP contribution in [0.15, 0.2) is 95.9 Å². The van der Waals surface area contributed by atoms with E-state index < -0.39 is 34.0 Å². The minimum Gasteiger partial charge on any atom is -0.457 e. The molecule has 0 spiro atoms. The summed E-state index contributed by atoms with van der Waals surface area (Å²) >= 11 is 0. The summed E-state index contributed by atoms with van der Waals surface area (Å²) in [5, 5.41) is 3.54. The second-order valence-electron chi connectivity index (χ2n) is 11.2. The molecule has 0 radical (unpaired) electrons. The Morgan fingerprint density at radius 1 is 0.479 bits per heavy atom. The lowest BCUT2D eigenvalue weighted by atomic mass is 9.82. The first-order chi connectivity index (χ1) is 23.1. The summed E-state index contributed by atoms with van der Waals surface area (Å²) < 4.78 is 55.5. The van der Waals surface area contributed by atoms with Gasteiger partial charge in [-0.2, -0.15) is 8.42 Å². The van der Waals surface area contributed by atoms with E-state index in [0.717, 1.165) is 12.1 Å². The van der Waals surface area contributed by atoms with Crippen LogP contribution in [0, 0.1) is 0 Å². The predicted octanol–water partition coefficient (Wildman–Crippen LogP) is 7.19. The number of rotatable bonds is 5. The smallest absolute Gasteiger partial charge is 0.346 e. The molecule has 0 saturated heterocycles. The molecule has 11 nitrogen and oxygen atoms in total. The lowest BCUT2D eigenvalue weighted by Crippen LogP contribution is -2.21. The van der Waals surface area contributed by atoms with E-state index in [1.807, 2.05) is 6.07 Å². The zero-order chi connectivity index (χ0) is 33.1. The molecule has 0 aliphatic carbocycles. The number of para-hydroxylation sites is 1. The van der Waals surface area contributed by atoms with Gasteiger partial charge in [-0.1, -0.05) is 30.3 Å². The molecule has 0 fully saturated rings. The highest BCUT2D eigenvalue weighted by atomic mass is 32.2. The molecule has 2 aliphatic heterocycles. The van der Waals surface area contributed by atoms with Crippen molar-refractivity contribution in [3.63, 3.8) is 0 Å². The Morgan fingerprint density at radius 2 is 0.917 bits per heavy atom. The van der Waals surface area contributed by atoms with Gasteiger partial charge in [0.05, 0.1) is 27.1 Å². The van der Waals surface area contributed by atoms with Gasteiger partial charge in [-0.05, 0) is 71.4 Å². The highest BCUT2D eigenvalue weighted by Crippen LogP contribution is 2.52. The van der Waals surface area contributed by atoms with Gasteiger partial charge in [0.1, 0.15) is 23.0 Å². The Morgan fingerprint density at radius 3 is 1.38 bits per heavy atom. The monoisotopic (exact) mass is 656 g/mol. The van der Waals surface area contributed by atoms with Crippen molar-refractivity contribution in [1.82, 2.24) is 0 Å². The minimum absolute atomic E-state index is 0.0492. The maximum Gasteiger partial charge on any atom is 0.346 e. The topological polar surface area (TPSA) is 160 Å². The Bertz CT molecular complexity index is 2750. The molecule has 232 valence electrons. The first kappa shape index (κ1) is 27.9. The van der Waals surface area contributed by atoms with Crippen molar-refractivity contribution in [2.24, 2.45) is 0 Å². The number of carbonyl (C=O) groups excluding carboxylic acids is 4. The third kappa shape index (κ3) is 3.87. The molecule has 0 amide bonds. The fourth-order valence-corrected chi connectivity index (χ4v) is 7.15. The van der Waals surface area contributed by atoms with Crippen LogP contribution in [-0.2, 0) is 19.6 Å². The standard InChI is InChI=1S/C36H16O11S/c37-33-21-13-11-20-30-26(45-17-6-8-18(9-7-17)48(41,42)43)15-24-28-22(34(38)47-36(24)40)12-10-19(32(28)30)29-25(44-16-4-2-1-3-5-16)14-23(35(39)46-33)27(21)31(20)29/h1-15H,(H,41,42,43). The summed E-state index contributed by atoms with van der Waals surface area (Å²) in [6, 6.07) is 23.2. The molecule has 0 saturated carbocycles. The average molecular weight is 657 g/mol. The molecule has 7 aromatic carbocycles. The number of ether oxygens (including phenoxy) is 4. The third-order valence-electron chi connectivity index (χ3n) is 8.60. The van der Waals surface area contributed by atoms with Crippen LogP contribution in [0.4, 0.5) is 0 Å². The quantitative estimate of drug-likeness (QED) is 0.0657. The van der Waals surface area contributed by atoms with Gasteiger partial charge >= 0.3 is 23.9 Å². The molecular weight excluding hydrogens is 640 g/mol. The fraction of sp³-hybridized carbons (Fsp3) is 0. The Kier molecular flexibility index (Phi) is 5.57. The number of carbonyl (C=O) groups is 4. The first-order valence-corrected chi connectivity index (χ1v) is 15.8. The van der Waals surface area contributed by atoms with Crippen LogP contribution in [0.25, 0.3) is 43.1 Å². The summed E-state index contributed by atoms with van der Waals surface area (Å²) in [6.45, 7) is 0. The van der Waals surface area contributed by atoms with Gasteiger partial charge in [-0.15, -0.1) is 0 Å². The molecule has 2 heterocycles. The largest absolute Gasteiger partial charge is 0.457 e. The second kappa shape index (κ2) is 9.58. The lowest BCUT2D eigenvalue weighted by Gasteiger charge is -2.25. The summed E-state index contributed by atoms with van der Waals surface area (Å²) in [7, 11) is -4.48. The van der Waals surface area contributed by atoms with E-state index in [9.17, 15) is 32.1 Å². The number of fused-ring (bicyclic) bond motifs is 2. The van der Waals surface area contributed by atoms with E-state index >= 15 is 0 Å². The van der Waals surface area contributed by atoms with Crippen molar-refractivity contribution in [3.8, 4) is 23.0 Å². The number of hydrogen-bond acceptors (Lipinski definition) is 10. The van der Waals surface area contributed by atoms with Crippen molar-refractivity contribution in [2.75, 3.05) is 0 Å². The molecule has 48 heavy (non-hydrogen) atoms. The molecule has 0 unspecified atom stereocenters. The molecule has 9 rings (SSSR count). The minimum atomic E-state index is -4.48. The Hall–Kier alpha value is -6.37. The van der Waals surface area contributed by atoms with Gasteiger partial charge in [-0.25, -0.2) is 19.2 Å². The van der Waals surface area contributed by atoms with Crippen molar-refractivity contribution in [2.45, 2.75) is 4.90 Å². The summed E-state index contributed by atoms with van der Waals surface area (Å²) in [5.74, 6) is -2.39. The second-order valence-corrected chi connectivity index (χ2v) is 12.7. The first-order valence-electron chi connectivity index (χ1n) is 14.4. The van der Waals surface area contributed by atoms with E-state index in [4.69, 9.17) is 18.9 Å². The molecular formula is C36H16O11S. The van der Waals surface area contributed by atoms with Gasteiger partial charge in [0.15, 0.2) is 0 Å². The third-order valence-corrected chi connectivity index (χ3v) is 9.47. The molecule has 0 atom stereocenters. The lowest BCUT2D eigenvalue weighted by molar-refractivity contribution is 0.0373. The van der Waals surface area contributed by atoms with Gasteiger partial charge in [-0.3, -0.25) is 4.55 Å². The number of cyclic esters (lactones) is 4. The fourth-order valence-electron chi connectivity index (χ4n) is 6.67. The normalized spacial score (nSPS) is 14.2. The van der Waals surface area contributed by atoms with E-state index in [2.05, 4.69) is 0 Å². The van der Waals surface area contributed by atoms with Crippen LogP contribution >= 0.6 is 0 Å². The average Bonchev–Trinajstić information content (AvgIpc) is 3.06. The Balaban J connectivity index is 1.46. The van der Waals surface area contributed by atoms with E-state index in [1.54, 1.807) is 42.5 Å². The predicted molar refractivity (Wildman–Crippen MR) is 170 cm³/mol. The molecule has 12 heteroatoms. The van der Waals surface area contributed by atoms with Gasteiger partial charge in [0.2, 0.25) is 0 Å². The molecule has 2 aliphatic rings. The summed E-state index contributed by atoms with van der Waals surface area (Å²) in [6.07, 6.45) is 0. The highest BCUT2D eigenvalue weighted by molar-refractivity contribution is 7.85. The SMILES string of the molecule is O=C1OC(=O)c2cc(Oc3ccccc3)c3c4ccc5c6c(cc(Oc7ccc(S(=O)(=O)O)cc7)c(c7ccc1c2c73)c64)C(=O)OC5=O. The molecule has 0 bridgehead atoms. The van der Waals surface area contributed by atoms with Gasteiger partial charge in [0.25, 0.3) is 10.1 Å². The van der Waals surface area contributed by atoms with Crippen LogP contribution in [0.3, 0.4) is 0 Å². The number of hydrogen-bond donors (Lipinski definition) is 1. The maximum atomic E-state index is 13.2. The van der Waals surface area contributed by atoms with Crippen molar-refractivity contribution in [3.05, 3.63) is 113 Å². The van der Waals surface area contributed by atoms with Crippen molar-refractivity contribution >= 4 is 77.1 Å². The van der Waals surface area contributed by atoms with Crippen molar-refractivity contribution in [1.29, 1.82) is 0 Å². The highest BCUT2D eigenvalue weighted by Gasteiger charge is 2.35. The summed E-state index contributed by atoms with van der Waals surface area (Å²) in [5.41, 5.74) is 0.458. The molecule has 7 aromatic rings. The maximum absolute atomic E-state index is 13.2. The zero-order valence-corrected chi connectivity index (χ0v) is 24.9. The van der Waals surface area contributed by atoms with Crippen LogP contribution in [-0.4, -0.2) is 36.8 Å². The van der Waals surface area contributed by atoms with Crippen LogP contribution in [0.1, 0.15) is 41.4 Å². The van der Waals surface area contributed by atoms with Crippen LogP contribution < -0.4 is 9.47 Å². The van der Waals surface area contributed by atoms with Gasteiger partial charge in [0, 0.05) is 32.3 Å². The van der Waals surface area contributed by atoms with Gasteiger partial charge < -0.3 is 18.9 Å².